The minimum Gasteiger partial charge on any atom is -0.494 e. The highest BCUT2D eigenvalue weighted by Gasteiger charge is 2.04. The van der Waals surface area contributed by atoms with E-state index in [0.717, 1.165) is 35.8 Å². The molecular weight excluding hydrogens is 464 g/mol. The Morgan fingerprint density at radius 1 is 0.568 bits per heavy atom. The zero-order valence-electron chi connectivity index (χ0n) is 20.8. The molecule has 0 heterocycles. The van der Waals surface area contributed by atoms with E-state index in [9.17, 15) is 4.79 Å². The fourth-order valence-corrected chi connectivity index (χ4v) is 3.64. The molecule has 4 aromatic rings. The van der Waals surface area contributed by atoms with Gasteiger partial charge in [0.2, 0.25) is 5.91 Å². The van der Waals surface area contributed by atoms with E-state index in [0.29, 0.717) is 25.5 Å². The van der Waals surface area contributed by atoms with Gasteiger partial charge in [0.1, 0.15) is 30.5 Å². The zero-order chi connectivity index (χ0) is 25.5. The van der Waals surface area contributed by atoms with Crippen molar-refractivity contribution in [2.45, 2.75) is 12.8 Å². The molecule has 4 rings (SSSR count). The van der Waals surface area contributed by atoms with Gasteiger partial charge in [-0.15, -0.1) is 0 Å². The van der Waals surface area contributed by atoms with E-state index < -0.39 is 0 Å². The number of hydrogen-bond acceptors (Lipinski definition) is 5. The summed E-state index contributed by atoms with van der Waals surface area (Å²) in [6, 6.07) is 34.9. The van der Waals surface area contributed by atoms with E-state index in [1.807, 2.05) is 84.9 Å². The van der Waals surface area contributed by atoms with Crippen molar-refractivity contribution < 1.29 is 19.0 Å². The number of anilines is 2. The smallest absolute Gasteiger partial charge is 0.243 e. The molecule has 6 heteroatoms. The number of ether oxygens (including phenoxy) is 3. The van der Waals surface area contributed by atoms with E-state index in [4.69, 9.17) is 14.2 Å². The molecule has 1 amide bonds. The molecule has 37 heavy (non-hydrogen) atoms. The van der Waals surface area contributed by atoms with Crippen molar-refractivity contribution in [2.24, 2.45) is 0 Å². The molecule has 0 spiro atoms. The van der Waals surface area contributed by atoms with Crippen molar-refractivity contribution in [3.63, 3.8) is 0 Å². The van der Waals surface area contributed by atoms with Gasteiger partial charge in [-0.2, -0.15) is 0 Å². The van der Waals surface area contributed by atoms with Crippen LogP contribution in [0.3, 0.4) is 0 Å². The monoisotopic (exact) mass is 496 g/mol. The van der Waals surface area contributed by atoms with E-state index in [1.165, 1.54) is 5.56 Å². The molecule has 0 unspecified atom stereocenters. The van der Waals surface area contributed by atoms with Crippen molar-refractivity contribution in [1.29, 1.82) is 0 Å². The van der Waals surface area contributed by atoms with Gasteiger partial charge in [0.25, 0.3) is 0 Å². The van der Waals surface area contributed by atoms with Crippen LogP contribution in [0.25, 0.3) is 0 Å². The van der Waals surface area contributed by atoms with Crippen molar-refractivity contribution in [1.82, 2.24) is 0 Å². The number of carbonyl (C=O) groups is 1. The highest BCUT2D eigenvalue weighted by atomic mass is 16.5. The van der Waals surface area contributed by atoms with Gasteiger partial charge in [-0.05, 0) is 79.1 Å². The molecule has 4 aromatic carbocycles. The number of benzene rings is 4. The second-order valence-corrected chi connectivity index (χ2v) is 8.40. The summed E-state index contributed by atoms with van der Waals surface area (Å²) in [7, 11) is 0. The fourth-order valence-electron chi connectivity index (χ4n) is 3.64. The molecule has 0 aromatic heterocycles. The lowest BCUT2D eigenvalue weighted by atomic mass is 10.1. The van der Waals surface area contributed by atoms with Crippen LogP contribution in [-0.2, 0) is 11.2 Å². The summed E-state index contributed by atoms with van der Waals surface area (Å²) >= 11 is 0. The first kappa shape index (κ1) is 25.6. The summed E-state index contributed by atoms with van der Waals surface area (Å²) in [6.07, 6.45) is 1.95. The highest BCUT2D eigenvalue weighted by Crippen LogP contribution is 2.18. The molecule has 2 N–H and O–H groups in total. The van der Waals surface area contributed by atoms with Gasteiger partial charge in [0.05, 0.1) is 13.2 Å². The van der Waals surface area contributed by atoms with Crippen LogP contribution >= 0.6 is 0 Å². The molecule has 0 fully saturated rings. The molecular formula is C31H32N2O4. The third kappa shape index (κ3) is 9.26. The molecule has 0 saturated heterocycles. The molecule has 190 valence electrons. The zero-order valence-corrected chi connectivity index (χ0v) is 20.8. The van der Waals surface area contributed by atoms with Crippen LogP contribution in [0.2, 0.25) is 0 Å². The number of amides is 1. The summed E-state index contributed by atoms with van der Waals surface area (Å²) in [5.74, 6) is 2.22. The third-order valence-electron chi connectivity index (χ3n) is 5.53. The van der Waals surface area contributed by atoms with Crippen LogP contribution in [0, 0.1) is 0 Å². The summed E-state index contributed by atoms with van der Waals surface area (Å²) in [6.45, 7) is 1.71. The number of carbonyl (C=O) groups excluding carboxylic acids is 1. The summed E-state index contributed by atoms with van der Waals surface area (Å²) in [5, 5.41) is 6.01. The Bertz CT molecular complexity index is 1200. The number of hydrogen-bond donors (Lipinski definition) is 2. The minimum atomic E-state index is -0.133. The summed E-state index contributed by atoms with van der Waals surface area (Å²) in [5.41, 5.74) is 2.88. The fraction of sp³-hybridized carbons (Fsp3) is 0.194. The standard InChI is InChI=1S/C31H32N2O4/c34-31(33-27-15-19-30(20-16-27)37-23-22-36-28-11-5-2-6-12-28)24-32-26-13-17-29(18-14-26)35-21-7-10-25-8-3-1-4-9-25/h1-6,8-9,11-20,32H,7,10,21-24H2,(H,33,34). The lowest BCUT2D eigenvalue weighted by Gasteiger charge is -2.11. The van der Waals surface area contributed by atoms with E-state index in [1.54, 1.807) is 0 Å². The average molecular weight is 497 g/mol. The van der Waals surface area contributed by atoms with Gasteiger partial charge in [0, 0.05) is 11.4 Å². The molecule has 0 atom stereocenters. The lowest BCUT2D eigenvalue weighted by molar-refractivity contribution is -0.114. The van der Waals surface area contributed by atoms with Crippen molar-refractivity contribution in [2.75, 3.05) is 37.0 Å². The molecule has 0 radical (unpaired) electrons. The van der Waals surface area contributed by atoms with E-state index in [2.05, 4.69) is 34.9 Å². The molecule has 6 nitrogen and oxygen atoms in total. The number of aryl methyl sites for hydroxylation is 1. The van der Waals surface area contributed by atoms with Gasteiger partial charge in [-0.3, -0.25) is 4.79 Å². The van der Waals surface area contributed by atoms with E-state index >= 15 is 0 Å². The predicted octanol–water partition coefficient (Wildman–Crippen LogP) is 6.21. The van der Waals surface area contributed by atoms with Gasteiger partial charge in [0.15, 0.2) is 0 Å². The molecule has 0 bridgehead atoms. The average Bonchev–Trinajstić information content (AvgIpc) is 2.95. The van der Waals surface area contributed by atoms with Crippen LogP contribution in [0.1, 0.15) is 12.0 Å². The van der Waals surface area contributed by atoms with Crippen LogP contribution in [0.4, 0.5) is 11.4 Å². The second kappa shape index (κ2) is 14.2. The second-order valence-electron chi connectivity index (χ2n) is 8.40. The van der Waals surface area contributed by atoms with Crippen LogP contribution in [0.5, 0.6) is 17.2 Å². The minimum absolute atomic E-state index is 0.133. The van der Waals surface area contributed by atoms with Gasteiger partial charge in [-0.1, -0.05) is 48.5 Å². The molecule has 0 saturated carbocycles. The predicted molar refractivity (Wildman–Crippen MR) is 148 cm³/mol. The largest absolute Gasteiger partial charge is 0.494 e. The van der Waals surface area contributed by atoms with Crippen molar-refractivity contribution >= 4 is 17.3 Å². The van der Waals surface area contributed by atoms with Gasteiger partial charge in [-0.25, -0.2) is 0 Å². The maximum atomic E-state index is 12.3. The topological polar surface area (TPSA) is 68.8 Å². The van der Waals surface area contributed by atoms with Gasteiger partial charge >= 0.3 is 0 Å². The first-order chi connectivity index (χ1) is 18.2. The van der Waals surface area contributed by atoms with Crippen molar-refractivity contribution in [3.8, 4) is 17.2 Å². The molecule has 0 aliphatic rings. The molecule has 0 aliphatic heterocycles. The highest BCUT2D eigenvalue weighted by molar-refractivity contribution is 5.93. The van der Waals surface area contributed by atoms with Gasteiger partial charge < -0.3 is 24.8 Å². The summed E-state index contributed by atoms with van der Waals surface area (Å²) < 4.78 is 17.1. The van der Waals surface area contributed by atoms with Crippen LogP contribution in [0.15, 0.2) is 109 Å². The Hall–Kier alpha value is -4.45. The number of nitrogens with one attached hydrogen (secondary N) is 2. The Balaban J connectivity index is 1.10. The van der Waals surface area contributed by atoms with Crippen LogP contribution < -0.4 is 24.8 Å². The maximum Gasteiger partial charge on any atom is 0.243 e. The quantitative estimate of drug-likeness (QED) is 0.203. The Morgan fingerprint density at radius 2 is 1.08 bits per heavy atom. The van der Waals surface area contributed by atoms with E-state index in [-0.39, 0.29) is 12.5 Å². The Morgan fingerprint density at radius 3 is 1.70 bits per heavy atom. The van der Waals surface area contributed by atoms with Crippen molar-refractivity contribution in [3.05, 3.63) is 115 Å². The SMILES string of the molecule is O=C(CNc1ccc(OCCCc2ccccc2)cc1)Nc1ccc(OCCOc2ccccc2)cc1. The van der Waals surface area contributed by atoms with Crippen LogP contribution in [-0.4, -0.2) is 32.3 Å². The summed E-state index contributed by atoms with van der Waals surface area (Å²) in [4.78, 5) is 12.3. The maximum absolute atomic E-state index is 12.3. The number of rotatable bonds is 14. The first-order valence-corrected chi connectivity index (χ1v) is 12.5. The lowest BCUT2D eigenvalue weighted by Crippen LogP contribution is -2.21. The third-order valence-corrected chi connectivity index (χ3v) is 5.53. The first-order valence-electron chi connectivity index (χ1n) is 12.5. The Labute approximate surface area is 218 Å². The normalized spacial score (nSPS) is 10.4. The molecule has 0 aliphatic carbocycles. The number of para-hydroxylation sites is 1. The Kier molecular flexibility index (Phi) is 9.83.